The van der Waals surface area contributed by atoms with Crippen LogP contribution in [-0.2, 0) is 6.54 Å². The Hall–Kier alpha value is -1.66. The summed E-state index contributed by atoms with van der Waals surface area (Å²) in [5.74, 6) is -0.124. The molecule has 2 heterocycles. The quantitative estimate of drug-likeness (QED) is 0.836. The zero-order chi connectivity index (χ0) is 12.1. The Morgan fingerprint density at radius 3 is 3.06 bits per heavy atom. The summed E-state index contributed by atoms with van der Waals surface area (Å²) in [5, 5.41) is 17.3. The van der Waals surface area contributed by atoms with Crippen molar-refractivity contribution in [3.63, 3.8) is 0 Å². The van der Waals surface area contributed by atoms with Crippen LogP contribution in [0.5, 0.6) is 0 Å². The van der Waals surface area contributed by atoms with Gasteiger partial charge in [-0.2, -0.15) is 5.10 Å². The van der Waals surface area contributed by atoms with Gasteiger partial charge in [-0.05, 0) is 11.4 Å². The Morgan fingerprint density at radius 1 is 1.59 bits per heavy atom. The lowest BCUT2D eigenvalue weighted by Crippen LogP contribution is -2.32. The van der Waals surface area contributed by atoms with Crippen molar-refractivity contribution in [1.82, 2.24) is 15.1 Å². The van der Waals surface area contributed by atoms with Gasteiger partial charge in [0, 0.05) is 17.6 Å². The number of hydrogen-bond donors (Lipinski definition) is 2. The minimum atomic E-state index is -0.124. The molecule has 0 aromatic carbocycles. The van der Waals surface area contributed by atoms with Gasteiger partial charge in [0.25, 0.3) is 5.91 Å². The van der Waals surface area contributed by atoms with Gasteiger partial charge in [0.1, 0.15) is 0 Å². The number of carbonyl (C=O) groups is 1. The molecule has 0 aliphatic rings. The summed E-state index contributed by atoms with van der Waals surface area (Å²) in [6.07, 6.45) is 3.04. The second-order valence-corrected chi connectivity index (χ2v) is 4.55. The molecule has 2 aromatic heterocycles. The van der Waals surface area contributed by atoms with Gasteiger partial charge in [-0.25, -0.2) is 0 Å². The molecule has 2 aromatic rings. The fraction of sp³-hybridized carbons (Fsp3) is 0.273. The molecule has 0 atom stereocenters. The zero-order valence-corrected chi connectivity index (χ0v) is 9.98. The molecular weight excluding hydrogens is 238 g/mol. The molecule has 2 N–H and O–H groups in total. The molecule has 17 heavy (non-hydrogen) atoms. The molecule has 0 radical (unpaired) electrons. The van der Waals surface area contributed by atoms with Crippen LogP contribution in [0.25, 0.3) is 0 Å². The Morgan fingerprint density at radius 2 is 2.47 bits per heavy atom. The lowest BCUT2D eigenvalue weighted by Gasteiger charge is -2.20. The van der Waals surface area contributed by atoms with Crippen molar-refractivity contribution >= 4 is 17.2 Å². The molecule has 0 saturated carbocycles. The van der Waals surface area contributed by atoms with Gasteiger partial charge in [0.15, 0.2) is 0 Å². The smallest absolute Gasteiger partial charge is 0.257 e. The Balaban J connectivity index is 2.09. The fourth-order valence-electron chi connectivity index (χ4n) is 1.51. The van der Waals surface area contributed by atoms with E-state index in [0.717, 1.165) is 4.88 Å². The van der Waals surface area contributed by atoms with E-state index >= 15 is 0 Å². The highest BCUT2D eigenvalue weighted by Gasteiger charge is 2.16. The van der Waals surface area contributed by atoms with Gasteiger partial charge >= 0.3 is 0 Å². The summed E-state index contributed by atoms with van der Waals surface area (Å²) in [6, 6.07) is 3.91. The summed E-state index contributed by atoms with van der Waals surface area (Å²) >= 11 is 1.59. The normalized spacial score (nSPS) is 10.4. The van der Waals surface area contributed by atoms with Crippen molar-refractivity contribution < 1.29 is 9.90 Å². The first-order valence-corrected chi connectivity index (χ1v) is 6.10. The Kier molecular flexibility index (Phi) is 3.89. The van der Waals surface area contributed by atoms with Crippen LogP contribution in [0.1, 0.15) is 15.2 Å². The van der Waals surface area contributed by atoms with E-state index in [1.54, 1.807) is 22.4 Å². The number of H-pyrrole nitrogens is 1. The van der Waals surface area contributed by atoms with Gasteiger partial charge in [0.05, 0.1) is 24.9 Å². The summed E-state index contributed by atoms with van der Waals surface area (Å²) in [5.41, 5.74) is 0.509. The molecule has 0 fully saturated rings. The first-order chi connectivity index (χ1) is 8.31. The molecule has 6 heteroatoms. The third-order valence-electron chi connectivity index (χ3n) is 2.33. The van der Waals surface area contributed by atoms with Crippen molar-refractivity contribution in [2.45, 2.75) is 6.54 Å². The molecular formula is C11H13N3O2S. The number of thiophene rings is 1. The van der Waals surface area contributed by atoms with Crippen molar-refractivity contribution in [3.8, 4) is 0 Å². The summed E-state index contributed by atoms with van der Waals surface area (Å²) < 4.78 is 0. The molecule has 0 unspecified atom stereocenters. The number of aromatic amines is 1. The average Bonchev–Trinajstić information content (AvgIpc) is 3.00. The van der Waals surface area contributed by atoms with Crippen LogP contribution in [0, 0.1) is 0 Å². The number of nitrogens with one attached hydrogen (secondary N) is 1. The van der Waals surface area contributed by atoms with Crippen molar-refractivity contribution in [2.75, 3.05) is 13.2 Å². The van der Waals surface area contributed by atoms with Crippen LogP contribution in [0.2, 0.25) is 0 Å². The number of aliphatic hydroxyl groups is 1. The Labute approximate surface area is 103 Å². The van der Waals surface area contributed by atoms with Crippen LogP contribution in [0.15, 0.2) is 29.9 Å². The first-order valence-electron chi connectivity index (χ1n) is 5.22. The van der Waals surface area contributed by atoms with Gasteiger partial charge < -0.3 is 10.0 Å². The molecule has 0 bridgehead atoms. The number of carbonyl (C=O) groups excluding carboxylic acids is 1. The number of hydrogen-bond acceptors (Lipinski definition) is 4. The molecule has 5 nitrogen and oxygen atoms in total. The fourth-order valence-corrected chi connectivity index (χ4v) is 2.23. The van der Waals surface area contributed by atoms with Crippen molar-refractivity contribution in [2.24, 2.45) is 0 Å². The van der Waals surface area contributed by atoms with E-state index in [0.29, 0.717) is 18.7 Å². The number of aliphatic hydroxyl groups excluding tert-OH is 1. The molecule has 0 aliphatic heterocycles. The minimum absolute atomic E-state index is 0.0467. The van der Waals surface area contributed by atoms with Gasteiger partial charge in [-0.15, -0.1) is 11.3 Å². The van der Waals surface area contributed by atoms with E-state index in [4.69, 9.17) is 5.11 Å². The second kappa shape index (κ2) is 5.60. The SMILES string of the molecule is O=C(c1cn[nH]c1)N(CCO)Cc1cccs1. The predicted octanol–water partition coefficient (Wildman–Crippen LogP) is 1.11. The third kappa shape index (κ3) is 2.92. The molecule has 0 spiro atoms. The largest absolute Gasteiger partial charge is 0.395 e. The number of nitrogens with zero attached hydrogens (tertiary/aromatic N) is 2. The highest BCUT2D eigenvalue weighted by molar-refractivity contribution is 7.09. The van der Waals surface area contributed by atoms with E-state index in [2.05, 4.69) is 10.2 Å². The van der Waals surface area contributed by atoms with Gasteiger partial charge in [-0.1, -0.05) is 6.07 Å². The third-order valence-corrected chi connectivity index (χ3v) is 3.19. The highest BCUT2D eigenvalue weighted by atomic mass is 32.1. The molecule has 90 valence electrons. The monoisotopic (exact) mass is 251 g/mol. The average molecular weight is 251 g/mol. The van der Waals surface area contributed by atoms with E-state index in [9.17, 15) is 4.79 Å². The van der Waals surface area contributed by atoms with Crippen LogP contribution in [-0.4, -0.2) is 39.3 Å². The number of rotatable bonds is 5. The predicted molar refractivity (Wildman–Crippen MR) is 64.7 cm³/mol. The number of aromatic nitrogens is 2. The van der Waals surface area contributed by atoms with Crippen LogP contribution in [0.3, 0.4) is 0 Å². The van der Waals surface area contributed by atoms with E-state index < -0.39 is 0 Å². The summed E-state index contributed by atoms with van der Waals surface area (Å²) in [7, 11) is 0. The minimum Gasteiger partial charge on any atom is -0.395 e. The van der Waals surface area contributed by atoms with Crippen molar-refractivity contribution in [1.29, 1.82) is 0 Å². The maximum Gasteiger partial charge on any atom is 0.257 e. The molecule has 0 saturated heterocycles. The van der Waals surface area contributed by atoms with Crippen LogP contribution < -0.4 is 0 Å². The highest BCUT2D eigenvalue weighted by Crippen LogP contribution is 2.13. The van der Waals surface area contributed by atoms with Crippen molar-refractivity contribution in [3.05, 3.63) is 40.3 Å². The van der Waals surface area contributed by atoms with Gasteiger partial charge in [0.2, 0.25) is 0 Å². The number of amides is 1. The standard InChI is InChI=1S/C11H13N3O2S/c15-4-3-14(8-10-2-1-5-17-10)11(16)9-6-12-13-7-9/h1-2,5-7,15H,3-4,8H2,(H,12,13). The van der Waals surface area contributed by atoms with Crippen LogP contribution in [0.4, 0.5) is 0 Å². The maximum absolute atomic E-state index is 12.1. The molecule has 2 rings (SSSR count). The molecule has 1 amide bonds. The lowest BCUT2D eigenvalue weighted by molar-refractivity contribution is 0.0710. The second-order valence-electron chi connectivity index (χ2n) is 3.52. The van der Waals surface area contributed by atoms with E-state index in [-0.39, 0.29) is 12.5 Å². The topological polar surface area (TPSA) is 69.2 Å². The zero-order valence-electron chi connectivity index (χ0n) is 9.17. The first kappa shape index (κ1) is 11.8. The lowest BCUT2D eigenvalue weighted by atomic mass is 10.3. The maximum atomic E-state index is 12.1. The van der Waals surface area contributed by atoms with Crippen LogP contribution >= 0.6 is 11.3 Å². The summed E-state index contributed by atoms with van der Waals surface area (Å²) in [6.45, 7) is 0.791. The van der Waals surface area contributed by atoms with E-state index in [1.165, 1.54) is 6.20 Å². The molecule has 0 aliphatic carbocycles. The summed E-state index contributed by atoms with van der Waals surface area (Å²) in [4.78, 5) is 14.8. The van der Waals surface area contributed by atoms with Gasteiger partial charge in [-0.3, -0.25) is 9.89 Å². The van der Waals surface area contributed by atoms with E-state index in [1.807, 2.05) is 17.5 Å². The Bertz CT molecular complexity index is 453.